The van der Waals surface area contributed by atoms with Gasteiger partial charge in [0.15, 0.2) is 0 Å². The molecule has 152 valence electrons. The Morgan fingerprint density at radius 2 is 1.83 bits per heavy atom. The van der Waals surface area contributed by atoms with Crippen molar-refractivity contribution in [1.82, 2.24) is 14.9 Å². The van der Waals surface area contributed by atoms with Gasteiger partial charge in [0, 0.05) is 11.6 Å². The second-order valence-electron chi connectivity index (χ2n) is 6.36. The van der Waals surface area contributed by atoms with Crippen molar-refractivity contribution < 1.29 is 18.0 Å². The first-order valence-corrected chi connectivity index (χ1v) is 9.21. The fourth-order valence-electron chi connectivity index (χ4n) is 3.08. The molecule has 3 rings (SSSR count). The van der Waals surface area contributed by atoms with E-state index in [1.165, 1.54) is 18.2 Å². The van der Waals surface area contributed by atoms with Crippen molar-refractivity contribution in [3.8, 4) is 0 Å². The third-order valence-electron chi connectivity index (χ3n) is 4.48. The maximum absolute atomic E-state index is 13.3. The van der Waals surface area contributed by atoms with Crippen LogP contribution in [0.5, 0.6) is 0 Å². The van der Waals surface area contributed by atoms with Crippen LogP contribution in [0.4, 0.5) is 13.2 Å². The molecule has 5 nitrogen and oxygen atoms in total. The number of para-hydroxylation sites is 2. The van der Waals surface area contributed by atoms with Gasteiger partial charge in [0.1, 0.15) is 6.04 Å². The number of nitrogens with zero attached hydrogens (tertiary/aromatic N) is 2. The van der Waals surface area contributed by atoms with Gasteiger partial charge in [-0.05, 0) is 30.2 Å². The molecule has 1 N–H and O–H groups in total. The van der Waals surface area contributed by atoms with E-state index in [0.29, 0.717) is 10.6 Å². The summed E-state index contributed by atoms with van der Waals surface area (Å²) in [6, 6.07) is 11.7. The van der Waals surface area contributed by atoms with E-state index in [4.69, 9.17) is 11.6 Å². The number of aromatic nitrogens is 2. The molecule has 1 aromatic heterocycles. The van der Waals surface area contributed by atoms with E-state index >= 15 is 0 Å². The number of amides is 1. The summed E-state index contributed by atoms with van der Waals surface area (Å²) in [4.78, 5) is 28.9. The number of carbonyl (C=O) groups excluding carboxylic acids is 1. The standard InChI is InChI=1S/C20H17ClF3N3O2/c1-2-15(18(28)25-11-12-7-3-4-8-13(12)21)27-16-10-6-5-9-14(16)26-17(19(27)29)20(22,23)24/h3-10,15H,2,11H2,1H3,(H,25,28)/t15-/m0/s1. The zero-order valence-electron chi connectivity index (χ0n) is 15.3. The lowest BCUT2D eigenvalue weighted by Crippen LogP contribution is -2.40. The molecule has 9 heteroatoms. The molecule has 1 atom stereocenters. The van der Waals surface area contributed by atoms with Gasteiger partial charge in [-0.25, -0.2) is 4.98 Å². The van der Waals surface area contributed by atoms with Crippen LogP contribution in [0.3, 0.4) is 0 Å². The van der Waals surface area contributed by atoms with Crippen LogP contribution in [0, 0.1) is 0 Å². The van der Waals surface area contributed by atoms with E-state index in [-0.39, 0.29) is 24.0 Å². The number of alkyl halides is 3. The van der Waals surface area contributed by atoms with Gasteiger partial charge < -0.3 is 5.32 Å². The number of carbonyl (C=O) groups is 1. The fraction of sp³-hybridized carbons (Fsp3) is 0.250. The highest BCUT2D eigenvalue weighted by Gasteiger charge is 2.38. The van der Waals surface area contributed by atoms with Crippen molar-refractivity contribution in [1.29, 1.82) is 0 Å². The summed E-state index contributed by atoms with van der Waals surface area (Å²) < 4.78 is 40.9. The van der Waals surface area contributed by atoms with Crippen molar-refractivity contribution >= 4 is 28.5 Å². The molecule has 0 unspecified atom stereocenters. The molecule has 29 heavy (non-hydrogen) atoms. The van der Waals surface area contributed by atoms with Crippen molar-refractivity contribution in [2.24, 2.45) is 0 Å². The average molecular weight is 424 g/mol. The first-order valence-electron chi connectivity index (χ1n) is 8.83. The number of benzene rings is 2. The lowest BCUT2D eigenvalue weighted by atomic mass is 10.1. The Kier molecular flexibility index (Phi) is 5.93. The van der Waals surface area contributed by atoms with Gasteiger partial charge in [-0.2, -0.15) is 13.2 Å². The summed E-state index contributed by atoms with van der Waals surface area (Å²) in [5.41, 5.74) is -2.10. The maximum Gasteiger partial charge on any atom is 0.438 e. The normalized spacial score (nSPS) is 12.7. The molecular weight excluding hydrogens is 407 g/mol. The topological polar surface area (TPSA) is 64.0 Å². The molecule has 1 amide bonds. The molecule has 0 saturated heterocycles. The van der Waals surface area contributed by atoms with Crippen LogP contribution < -0.4 is 10.9 Å². The van der Waals surface area contributed by atoms with Crippen LogP contribution in [-0.4, -0.2) is 15.5 Å². The molecular formula is C20H17ClF3N3O2. The van der Waals surface area contributed by atoms with Crippen molar-refractivity contribution in [3.05, 3.63) is 75.2 Å². The van der Waals surface area contributed by atoms with Crippen LogP contribution in [0.1, 0.15) is 30.6 Å². The molecule has 0 aliphatic heterocycles. The predicted octanol–water partition coefficient (Wildman–Crippen LogP) is 4.34. The van der Waals surface area contributed by atoms with Gasteiger partial charge in [-0.15, -0.1) is 0 Å². The molecule has 3 aromatic rings. The molecule has 0 aliphatic rings. The average Bonchev–Trinajstić information content (AvgIpc) is 2.68. The van der Waals surface area contributed by atoms with Gasteiger partial charge in [-0.1, -0.05) is 48.9 Å². The van der Waals surface area contributed by atoms with E-state index in [1.807, 2.05) is 0 Å². The lowest BCUT2D eigenvalue weighted by molar-refractivity contribution is -0.142. The summed E-state index contributed by atoms with van der Waals surface area (Å²) in [6.45, 7) is 1.70. The monoisotopic (exact) mass is 423 g/mol. The minimum absolute atomic E-state index is 0.0169. The van der Waals surface area contributed by atoms with Crippen LogP contribution in [-0.2, 0) is 17.5 Å². The summed E-state index contributed by atoms with van der Waals surface area (Å²) in [5.74, 6) is -0.584. The van der Waals surface area contributed by atoms with Crippen molar-refractivity contribution in [2.75, 3.05) is 0 Å². The third-order valence-corrected chi connectivity index (χ3v) is 4.84. The fourth-order valence-corrected chi connectivity index (χ4v) is 3.28. The maximum atomic E-state index is 13.3. The van der Waals surface area contributed by atoms with Gasteiger partial charge in [0.2, 0.25) is 11.6 Å². The second-order valence-corrected chi connectivity index (χ2v) is 6.76. The molecule has 0 bridgehead atoms. The predicted molar refractivity (Wildman–Crippen MR) is 104 cm³/mol. The van der Waals surface area contributed by atoms with Gasteiger partial charge in [-0.3, -0.25) is 14.2 Å². The van der Waals surface area contributed by atoms with E-state index < -0.39 is 29.4 Å². The second kappa shape index (κ2) is 8.24. The zero-order chi connectivity index (χ0) is 21.2. The third kappa shape index (κ3) is 4.27. The minimum atomic E-state index is -4.94. The molecule has 0 spiro atoms. The number of nitrogens with one attached hydrogen (secondary N) is 1. The van der Waals surface area contributed by atoms with E-state index in [1.54, 1.807) is 37.3 Å². The van der Waals surface area contributed by atoms with E-state index in [0.717, 1.165) is 4.57 Å². The SMILES string of the molecule is CC[C@@H](C(=O)NCc1ccccc1Cl)n1c(=O)c(C(F)(F)F)nc2ccccc21. The van der Waals surface area contributed by atoms with Crippen LogP contribution >= 0.6 is 11.6 Å². The molecule has 2 aromatic carbocycles. The number of hydrogen-bond donors (Lipinski definition) is 1. The molecule has 0 fully saturated rings. The molecule has 0 aliphatic carbocycles. The van der Waals surface area contributed by atoms with Crippen LogP contribution in [0.15, 0.2) is 53.3 Å². The van der Waals surface area contributed by atoms with Crippen molar-refractivity contribution in [2.45, 2.75) is 32.1 Å². The number of fused-ring (bicyclic) bond motifs is 1. The summed E-state index contributed by atoms with van der Waals surface area (Å²) in [7, 11) is 0. The highest BCUT2D eigenvalue weighted by atomic mass is 35.5. The Labute approximate surface area is 169 Å². The number of halogens is 4. The van der Waals surface area contributed by atoms with Gasteiger partial charge in [0.05, 0.1) is 11.0 Å². The van der Waals surface area contributed by atoms with E-state index in [2.05, 4.69) is 10.3 Å². The zero-order valence-corrected chi connectivity index (χ0v) is 16.1. The molecule has 0 radical (unpaired) electrons. The Morgan fingerprint density at radius 1 is 1.17 bits per heavy atom. The Hall–Kier alpha value is -2.87. The Bertz CT molecular complexity index is 1110. The van der Waals surface area contributed by atoms with Gasteiger partial charge >= 0.3 is 6.18 Å². The highest BCUT2D eigenvalue weighted by Crippen LogP contribution is 2.28. The first-order chi connectivity index (χ1) is 13.7. The van der Waals surface area contributed by atoms with Crippen LogP contribution in [0.25, 0.3) is 11.0 Å². The summed E-state index contributed by atoms with van der Waals surface area (Å²) in [6.07, 6.45) is -4.82. The largest absolute Gasteiger partial charge is 0.438 e. The molecule has 0 saturated carbocycles. The smallest absolute Gasteiger partial charge is 0.350 e. The Morgan fingerprint density at radius 3 is 2.48 bits per heavy atom. The summed E-state index contributed by atoms with van der Waals surface area (Å²) >= 11 is 6.07. The molecule has 1 heterocycles. The van der Waals surface area contributed by atoms with Crippen molar-refractivity contribution in [3.63, 3.8) is 0 Å². The summed E-state index contributed by atoms with van der Waals surface area (Å²) in [5, 5.41) is 3.11. The number of hydrogen-bond acceptors (Lipinski definition) is 3. The lowest BCUT2D eigenvalue weighted by Gasteiger charge is -2.21. The van der Waals surface area contributed by atoms with E-state index in [9.17, 15) is 22.8 Å². The van der Waals surface area contributed by atoms with Crippen LogP contribution in [0.2, 0.25) is 5.02 Å². The highest BCUT2D eigenvalue weighted by molar-refractivity contribution is 6.31. The van der Waals surface area contributed by atoms with Gasteiger partial charge in [0.25, 0.3) is 5.56 Å². The minimum Gasteiger partial charge on any atom is -0.350 e. The number of rotatable bonds is 5. The quantitative estimate of drug-likeness (QED) is 0.664. The Balaban J connectivity index is 2.04. The first kappa shape index (κ1) is 20.9.